The van der Waals surface area contributed by atoms with Gasteiger partial charge in [0.25, 0.3) is 0 Å². The molecule has 0 N–H and O–H groups in total. The van der Waals surface area contributed by atoms with Gasteiger partial charge in [-0.05, 0) is 51.3 Å². The average molecular weight is 360 g/mol. The van der Waals surface area contributed by atoms with E-state index in [1.54, 1.807) is 38.5 Å². The molecule has 20 heavy (non-hydrogen) atoms. The molecule has 2 nitrogen and oxygen atoms in total. The Bertz CT molecular complexity index is 619. The van der Waals surface area contributed by atoms with E-state index in [-0.39, 0.29) is 5.82 Å². The highest BCUT2D eigenvalue weighted by Gasteiger charge is 2.15. The normalized spacial score (nSPS) is 12.1. The zero-order chi connectivity index (χ0) is 14.7. The molecule has 2 aromatic carbocycles. The van der Waals surface area contributed by atoms with Crippen LogP contribution in [0.3, 0.4) is 0 Å². The van der Waals surface area contributed by atoms with Crippen LogP contribution in [0.25, 0.3) is 0 Å². The van der Waals surface area contributed by atoms with Gasteiger partial charge in [0.05, 0.1) is 24.1 Å². The second kappa shape index (κ2) is 6.46. The van der Waals surface area contributed by atoms with E-state index < -0.39 is 5.38 Å². The maximum absolute atomic E-state index is 13.6. The van der Waals surface area contributed by atoms with Gasteiger partial charge in [0.2, 0.25) is 0 Å². The van der Waals surface area contributed by atoms with Gasteiger partial charge in [-0.25, -0.2) is 4.39 Å². The van der Waals surface area contributed by atoms with Crippen LogP contribution in [0, 0.1) is 5.82 Å². The summed E-state index contributed by atoms with van der Waals surface area (Å²) in [7, 11) is 3.13. The van der Waals surface area contributed by atoms with Crippen LogP contribution in [0.1, 0.15) is 16.5 Å². The van der Waals surface area contributed by atoms with E-state index in [1.165, 1.54) is 6.07 Å². The molecule has 0 saturated carbocycles. The standard InChI is InChI=1S/C15H13BrClFO2/c1-19-13-6-4-10(8-14(13)20-2)15(17)9-3-5-11(16)12(18)7-9/h3-8,15H,1-2H3. The Morgan fingerprint density at radius 2 is 1.60 bits per heavy atom. The van der Waals surface area contributed by atoms with E-state index in [2.05, 4.69) is 15.9 Å². The molecule has 0 aliphatic carbocycles. The van der Waals surface area contributed by atoms with Gasteiger partial charge in [-0.15, -0.1) is 11.6 Å². The largest absolute Gasteiger partial charge is 0.493 e. The van der Waals surface area contributed by atoms with Crippen LogP contribution >= 0.6 is 27.5 Å². The van der Waals surface area contributed by atoms with Crippen molar-refractivity contribution >= 4 is 27.5 Å². The number of hydrogen-bond acceptors (Lipinski definition) is 2. The van der Waals surface area contributed by atoms with Crippen molar-refractivity contribution in [3.8, 4) is 11.5 Å². The number of benzene rings is 2. The fourth-order valence-electron chi connectivity index (χ4n) is 1.87. The van der Waals surface area contributed by atoms with Crippen LogP contribution in [0.2, 0.25) is 0 Å². The third-order valence-corrected chi connectivity index (χ3v) is 4.08. The first-order valence-electron chi connectivity index (χ1n) is 5.87. The molecule has 2 aromatic rings. The Labute approximate surface area is 130 Å². The maximum Gasteiger partial charge on any atom is 0.161 e. The van der Waals surface area contributed by atoms with Crippen molar-refractivity contribution in [3.05, 3.63) is 57.8 Å². The molecule has 0 spiro atoms. The molecule has 1 atom stereocenters. The number of hydrogen-bond donors (Lipinski definition) is 0. The van der Waals surface area contributed by atoms with Crippen LogP contribution in [-0.2, 0) is 0 Å². The molecule has 1 unspecified atom stereocenters. The lowest BCUT2D eigenvalue weighted by atomic mass is 10.0. The van der Waals surface area contributed by atoms with Crippen molar-refractivity contribution < 1.29 is 13.9 Å². The quantitative estimate of drug-likeness (QED) is 0.720. The Kier molecular flexibility index (Phi) is 4.89. The second-order valence-corrected chi connectivity index (χ2v) is 5.44. The van der Waals surface area contributed by atoms with Crippen molar-refractivity contribution in [2.45, 2.75) is 5.38 Å². The van der Waals surface area contributed by atoms with Crippen molar-refractivity contribution in [1.82, 2.24) is 0 Å². The molecule has 0 saturated heterocycles. The fraction of sp³-hybridized carbons (Fsp3) is 0.200. The zero-order valence-corrected chi connectivity index (χ0v) is 13.3. The number of rotatable bonds is 4. The highest BCUT2D eigenvalue weighted by molar-refractivity contribution is 9.10. The molecule has 0 fully saturated rings. The molecule has 0 amide bonds. The fourth-order valence-corrected chi connectivity index (χ4v) is 2.39. The van der Waals surface area contributed by atoms with Crippen LogP contribution in [0.15, 0.2) is 40.9 Å². The molecule has 0 aliphatic heterocycles. The van der Waals surface area contributed by atoms with Gasteiger partial charge in [-0.1, -0.05) is 12.1 Å². The minimum absolute atomic E-state index is 0.339. The van der Waals surface area contributed by atoms with E-state index >= 15 is 0 Å². The molecule has 0 heterocycles. The van der Waals surface area contributed by atoms with E-state index in [9.17, 15) is 4.39 Å². The summed E-state index contributed by atoms with van der Waals surface area (Å²) in [6.07, 6.45) is 0. The minimum atomic E-state index is -0.461. The molecule has 0 radical (unpaired) electrons. The highest BCUT2D eigenvalue weighted by atomic mass is 79.9. The summed E-state index contributed by atoms with van der Waals surface area (Å²) in [5, 5.41) is -0.461. The van der Waals surface area contributed by atoms with Crippen LogP contribution in [-0.4, -0.2) is 14.2 Å². The Morgan fingerprint density at radius 3 is 2.20 bits per heavy atom. The predicted octanol–water partition coefficient (Wildman–Crippen LogP) is 4.93. The molecular weight excluding hydrogens is 347 g/mol. The Hall–Kier alpha value is -1.26. The summed E-state index contributed by atoms with van der Waals surface area (Å²) in [6.45, 7) is 0. The van der Waals surface area contributed by atoms with E-state index in [0.29, 0.717) is 21.5 Å². The number of ether oxygens (including phenoxy) is 2. The molecule has 5 heteroatoms. The van der Waals surface area contributed by atoms with Gasteiger partial charge < -0.3 is 9.47 Å². The zero-order valence-electron chi connectivity index (χ0n) is 11.0. The first kappa shape index (κ1) is 15.1. The van der Waals surface area contributed by atoms with Crippen LogP contribution in [0.5, 0.6) is 11.5 Å². The minimum Gasteiger partial charge on any atom is -0.493 e. The summed E-state index contributed by atoms with van der Waals surface area (Å²) in [4.78, 5) is 0. The molecule has 106 valence electrons. The number of alkyl halides is 1. The molecule has 0 aliphatic rings. The van der Waals surface area contributed by atoms with Crippen LogP contribution < -0.4 is 9.47 Å². The lowest BCUT2D eigenvalue weighted by molar-refractivity contribution is 0.354. The Balaban J connectivity index is 2.37. The van der Waals surface area contributed by atoms with Gasteiger partial charge >= 0.3 is 0 Å². The summed E-state index contributed by atoms with van der Waals surface area (Å²) < 4.78 is 24.4. The van der Waals surface area contributed by atoms with Crippen LogP contribution in [0.4, 0.5) is 4.39 Å². The van der Waals surface area contributed by atoms with E-state index in [0.717, 1.165) is 5.56 Å². The van der Waals surface area contributed by atoms with Gasteiger partial charge in [0.15, 0.2) is 11.5 Å². The summed E-state index contributed by atoms with van der Waals surface area (Å²) in [5.74, 6) is 0.879. The second-order valence-electron chi connectivity index (χ2n) is 4.15. The van der Waals surface area contributed by atoms with Crippen molar-refractivity contribution in [3.63, 3.8) is 0 Å². The third-order valence-electron chi connectivity index (χ3n) is 2.94. The van der Waals surface area contributed by atoms with Gasteiger partial charge in [-0.2, -0.15) is 0 Å². The highest BCUT2D eigenvalue weighted by Crippen LogP contribution is 2.36. The molecule has 0 aromatic heterocycles. The lowest BCUT2D eigenvalue weighted by Crippen LogP contribution is -1.97. The topological polar surface area (TPSA) is 18.5 Å². The van der Waals surface area contributed by atoms with Gasteiger partial charge in [-0.3, -0.25) is 0 Å². The summed E-state index contributed by atoms with van der Waals surface area (Å²) in [5.41, 5.74) is 1.49. The monoisotopic (exact) mass is 358 g/mol. The molecule has 2 rings (SSSR count). The smallest absolute Gasteiger partial charge is 0.161 e. The van der Waals surface area contributed by atoms with Crippen molar-refractivity contribution in [2.75, 3.05) is 14.2 Å². The van der Waals surface area contributed by atoms with Crippen molar-refractivity contribution in [2.24, 2.45) is 0 Å². The third kappa shape index (κ3) is 3.07. The summed E-state index contributed by atoms with van der Waals surface area (Å²) >= 11 is 9.52. The predicted molar refractivity (Wildman–Crippen MR) is 81.3 cm³/mol. The van der Waals surface area contributed by atoms with Crippen molar-refractivity contribution in [1.29, 1.82) is 0 Å². The van der Waals surface area contributed by atoms with Gasteiger partial charge in [0, 0.05) is 0 Å². The first-order valence-corrected chi connectivity index (χ1v) is 7.10. The summed E-state index contributed by atoms with van der Waals surface area (Å²) in [6, 6.07) is 10.2. The average Bonchev–Trinajstić information content (AvgIpc) is 2.48. The molecule has 0 bridgehead atoms. The van der Waals surface area contributed by atoms with Gasteiger partial charge in [0.1, 0.15) is 5.82 Å². The first-order chi connectivity index (χ1) is 9.56. The molecular formula is C15H13BrClFO2. The number of halogens is 3. The maximum atomic E-state index is 13.6. The van der Waals surface area contributed by atoms with E-state index in [4.69, 9.17) is 21.1 Å². The van der Waals surface area contributed by atoms with E-state index in [1.807, 2.05) is 6.07 Å². The number of methoxy groups -OCH3 is 2. The Morgan fingerprint density at radius 1 is 1.00 bits per heavy atom. The lowest BCUT2D eigenvalue weighted by Gasteiger charge is -2.14. The SMILES string of the molecule is COc1ccc(C(Cl)c2ccc(Br)c(F)c2)cc1OC.